The number of nitrogen functional groups attached to an aromatic ring is 1. The summed E-state index contributed by atoms with van der Waals surface area (Å²) >= 11 is 0. The number of nitrogens with two attached hydrogens (primary N) is 1. The third-order valence-electron chi connectivity index (χ3n) is 3.26. The molecule has 0 amide bonds. The minimum absolute atomic E-state index is 0.294. The molecule has 1 aliphatic carbocycles. The second kappa shape index (κ2) is 4.61. The van der Waals surface area contributed by atoms with Gasteiger partial charge in [0.15, 0.2) is 11.5 Å². The molecule has 5 heteroatoms. The topological polar surface area (TPSA) is 68.5 Å². The highest BCUT2D eigenvalue weighted by molar-refractivity contribution is 5.88. The van der Waals surface area contributed by atoms with Crippen LogP contribution in [0.4, 0.5) is 11.5 Å². The van der Waals surface area contributed by atoms with Gasteiger partial charge in [0.25, 0.3) is 0 Å². The Bertz CT molecular complexity index is 430. The van der Waals surface area contributed by atoms with Crippen LogP contribution < -0.4 is 10.6 Å². The van der Waals surface area contributed by atoms with Crippen LogP contribution in [0.25, 0.3) is 0 Å². The molecule has 0 unspecified atom stereocenters. The van der Waals surface area contributed by atoms with Gasteiger partial charge < -0.3 is 15.4 Å². The van der Waals surface area contributed by atoms with E-state index in [9.17, 15) is 4.79 Å². The fourth-order valence-electron chi connectivity index (χ4n) is 1.91. The number of rotatable bonds is 3. The van der Waals surface area contributed by atoms with E-state index in [2.05, 4.69) is 9.72 Å². The Balaban J connectivity index is 2.28. The number of carbonyl (C=O) groups excluding carboxylic acids is 1. The summed E-state index contributed by atoms with van der Waals surface area (Å²) in [5, 5.41) is 0. The van der Waals surface area contributed by atoms with Crippen LogP contribution in [0.1, 0.15) is 29.8 Å². The SMILES string of the molecule is COC(=O)c1ccc(N)c(N(C)C2CCC2)n1. The molecule has 1 aromatic heterocycles. The molecule has 92 valence electrons. The third kappa shape index (κ3) is 2.18. The van der Waals surface area contributed by atoms with E-state index >= 15 is 0 Å². The number of methoxy groups -OCH3 is 1. The summed E-state index contributed by atoms with van der Waals surface area (Å²) in [6, 6.07) is 3.76. The maximum absolute atomic E-state index is 11.4. The molecule has 0 radical (unpaired) electrons. The molecule has 1 aliphatic rings. The largest absolute Gasteiger partial charge is 0.464 e. The lowest BCUT2D eigenvalue weighted by Crippen LogP contribution is -2.38. The fourth-order valence-corrected chi connectivity index (χ4v) is 1.91. The number of carbonyl (C=O) groups is 1. The maximum atomic E-state index is 11.4. The van der Waals surface area contributed by atoms with Crippen LogP contribution in [-0.4, -0.2) is 31.2 Å². The van der Waals surface area contributed by atoms with Gasteiger partial charge in [-0.15, -0.1) is 0 Å². The minimum Gasteiger partial charge on any atom is -0.464 e. The standard InChI is InChI=1S/C12H17N3O2/c1-15(8-4-3-5-8)11-9(13)6-7-10(14-11)12(16)17-2/h6-8H,3-5,13H2,1-2H3. The Morgan fingerprint density at radius 3 is 2.76 bits per heavy atom. The lowest BCUT2D eigenvalue weighted by Gasteiger charge is -2.36. The Hall–Kier alpha value is -1.78. The van der Waals surface area contributed by atoms with Crippen molar-refractivity contribution < 1.29 is 9.53 Å². The van der Waals surface area contributed by atoms with Crippen molar-refractivity contribution in [3.63, 3.8) is 0 Å². The molecule has 5 nitrogen and oxygen atoms in total. The molecule has 1 saturated carbocycles. The van der Waals surface area contributed by atoms with E-state index in [0.29, 0.717) is 23.2 Å². The van der Waals surface area contributed by atoms with Crippen LogP contribution >= 0.6 is 0 Å². The predicted octanol–water partition coefficient (Wildman–Crippen LogP) is 1.44. The second-order valence-corrected chi connectivity index (χ2v) is 4.30. The average molecular weight is 235 g/mol. The molecule has 0 bridgehead atoms. The zero-order valence-electron chi connectivity index (χ0n) is 10.1. The molecule has 2 rings (SSSR count). The zero-order valence-corrected chi connectivity index (χ0v) is 10.1. The van der Waals surface area contributed by atoms with Gasteiger partial charge >= 0.3 is 5.97 Å². The van der Waals surface area contributed by atoms with Gasteiger partial charge in [-0.25, -0.2) is 9.78 Å². The van der Waals surface area contributed by atoms with E-state index < -0.39 is 5.97 Å². The number of nitrogens with zero attached hydrogens (tertiary/aromatic N) is 2. The van der Waals surface area contributed by atoms with Crippen molar-refractivity contribution in [1.82, 2.24) is 4.98 Å². The van der Waals surface area contributed by atoms with Gasteiger partial charge in [-0.05, 0) is 31.4 Å². The van der Waals surface area contributed by atoms with E-state index in [1.165, 1.54) is 13.5 Å². The molecular formula is C12H17N3O2. The third-order valence-corrected chi connectivity index (χ3v) is 3.26. The average Bonchev–Trinajstić information content (AvgIpc) is 2.26. The zero-order chi connectivity index (χ0) is 12.4. The summed E-state index contributed by atoms with van der Waals surface area (Å²) in [6.07, 6.45) is 3.55. The number of hydrogen-bond acceptors (Lipinski definition) is 5. The molecule has 17 heavy (non-hydrogen) atoms. The van der Waals surface area contributed by atoms with Gasteiger partial charge in [-0.1, -0.05) is 0 Å². The number of aromatic nitrogens is 1. The molecule has 0 saturated heterocycles. The summed E-state index contributed by atoms with van der Waals surface area (Å²) < 4.78 is 4.65. The first-order valence-electron chi connectivity index (χ1n) is 5.71. The molecular weight excluding hydrogens is 218 g/mol. The number of hydrogen-bond donors (Lipinski definition) is 1. The molecule has 0 atom stereocenters. The van der Waals surface area contributed by atoms with E-state index in [4.69, 9.17) is 5.73 Å². The summed E-state index contributed by atoms with van der Waals surface area (Å²) in [5.74, 6) is 0.228. The molecule has 1 fully saturated rings. The highest BCUT2D eigenvalue weighted by atomic mass is 16.5. The summed E-state index contributed by atoms with van der Waals surface area (Å²) in [6.45, 7) is 0. The number of esters is 1. The molecule has 0 aliphatic heterocycles. The predicted molar refractivity (Wildman–Crippen MR) is 66.0 cm³/mol. The van der Waals surface area contributed by atoms with Gasteiger partial charge in [0.2, 0.25) is 0 Å². The quantitative estimate of drug-likeness (QED) is 0.803. The van der Waals surface area contributed by atoms with E-state index in [1.807, 2.05) is 11.9 Å². The smallest absolute Gasteiger partial charge is 0.356 e. The van der Waals surface area contributed by atoms with Crippen molar-refractivity contribution in [2.75, 3.05) is 24.8 Å². The van der Waals surface area contributed by atoms with Gasteiger partial charge in [0.1, 0.15) is 0 Å². The Morgan fingerprint density at radius 2 is 2.24 bits per heavy atom. The van der Waals surface area contributed by atoms with Crippen molar-refractivity contribution in [3.8, 4) is 0 Å². The maximum Gasteiger partial charge on any atom is 0.356 e. The number of pyridine rings is 1. The van der Waals surface area contributed by atoms with E-state index in [-0.39, 0.29) is 0 Å². The fraction of sp³-hybridized carbons (Fsp3) is 0.500. The Morgan fingerprint density at radius 1 is 1.53 bits per heavy atom. The van der Waals surface area contributed by atoms with Crippen LogP contribution in [0.3, 0.4) is 0 Å². The second-order valence-electron chi connectivity index (χ2n) is 4.30. The molecule has 1 heterocycles. The van der Waals surface area contributed by atoms with Gasteiger partial charge in [0, 0.05) is 13.1 Å². The number of ether oxygens (including phenoxy) is 1. The van der Waals surface area contributed by atoms with Crippen LogP contribution in [0.5, 0.6) is 0 Å². The summed E-state index contributed by atoms with van der Waals surface area (Å²) in [5.41, 5.74) is 6.78. The first kappa shape index (κ1) is 11.7. The van der Waals surface area contributed by atoms with E-state index in [1.54, 1.807) is 12.1 Å². The van der Waals surface area contributed by atoms with Crippen molar-refractivity contribution in [2.24, 2.45) is 0 Å². The van der Waals surface area contributed by atoms with E-state index in [0.717, 1.165) is 12.8 Å². The van der Waals surface area contributed by atoms with Crippen LogP contribution in [0.15, 0.2) is 12.1 Å². The monoisotopic (exact) mass is 235 g/mol. The van der Waals surface area contributed by atoms with Gasteiger partial charge in [-0.2, -0.15) is 0 Å². The first-order chi connectivity index (χ1) is 8.13. The minimum atomic E-state index is -0.437. The van der Waals surface area contributed by atoms with Gasteiger partial charge in [0.05, 0.1) is 12.8 Å². The highest BCUT2D eigenvalue weighted by Gasteiger charge is 2.25. The van der Waals surface area contributed by atoms with Crippen LogP contribution in [0.2, 0.25) is 0 Å². The molecule has 2 N–H and O–H groups in total. The number of anilines is 2. The highest BCUT2D eigenvalue weighted by Crippen LogP contribution is 2.30. The molecule has 1 aromatic rings. The molecule has 0 spiro atoms. The van der Waals surface area contributed by atoms with Crippen LogP contribution in [-0.2, 0) is 4.74 Å². The van der Waals surface area contributed by atoms with Crippen molar-refractivity contribution in [3.05, 3.63) is 17.8 Å². The first-order valence-corrected chi connectivity index (χ1v) is 5.71. The van der Waals surface area contributed by atoms with Crippen molar-refractivity contribution in [2.45, 2.75) is 25.3 Å². The summed E-state index contributed by atoms with van der Waals surface area (Å²) in [4.78, 5) is 17.7. The van der Waals surface area contributed by atoms with Gasteiger partial charge in [-0.3, -0.25) is 0 Å². The lowest BCUT2D eigenvalue weighted by atomic mass is 9.92. The Kier molecular flexibility index (Phi) is 3.17. The van der Waals surface area contributed by atoms with Crippen LogP contribution in [0, 0.1) is 0 Å². The lowest BCUT2D eigenvalue weighted by molar-refractivity contribution is 0.0594. The summed E-state index contributed by atoms with van der Waals surface area (Å²) in [7, 11) is 3.30. The Labute approximate surface area is 101 Å². The normalized spacial score (nSPS) is 15.2. The molecule has 0 aromatic carbocycles. The van der Waals surface area contributed by atoms with Crippen molar-refractivity contribution >= 4 is 17.5 Å². The van der Waals surface area contributed by atoms with Crippen molar-refractivity contribution in [1.29, 1.82) is 0 Å².